The number of H-pyrrole nitrogens is 2. The lowest BCUT2D eigenvalue weighted by Gasteiger charge is -2.22. The Balaban J connectivity index is 1.24. The highest BCUT2D eigenvalue weighted by Gasteiger charge is 2.21. The molecule has 0 bridgehead atoms. The number of amides is 2. The van der Waals surface area contributed by atoms with Gasteiger partial charge in [0.15, 0.2) is 0 Å². The first-order chi connectivity index (χ1) is 20.5. The molecule has 10 nitrogen and oxygen atoms in total. The summed E-state index contributed by atoms with van der Waals surface area (Å²) in [6.45, 7) is 2.90. The molecule has 212 valence electrons. The van der Waals surface area contributed by atoms with Gasteiger partial charge in [0, 0.05) is 30.3 Å². The molecule has 0 saturated carbocycles. The third-order valence-corrected chi connectivity index (χ3v) is 7.46. The molecule has 0 saturated heterocycles. The van der Waals surface area contributed by atoms with Crippen molar-refractivity contribution >= 4 is 33.8 Å². The maximum Gasteiger partial charge on any atom is 0.407 e. The van der Waals surface area contributed by atoms with E-state index in [0.29, 0.717) is 25.4 Å². The molecule has 3 heterocycles. The van der Waals surface area contributed by atoms with Crippen molar-refractivity contribution in [3.8, 4) is 40.5 Å². The normalized spacial score (nSPS) is 11.8. The van der Waals surface area contributed by atoms with E-state index in [9.17, 15) is 9.59 Å². The van der Waals surface area contributed by atoms with Gasteiger partial charge >= 0.3 is 6.09 Å². The number of aromatic amines is 2. The second-order valence-electron chi connectivity index (χ2n) is 10.1. The molecule has 5 aromatic rings. The van der Waals surface area contributed by atoms with Gasteiger partial charge in [-0.3, -0.25) is 4.79 Å². The number of methoxy groups -OCH3 is 1. The predicted octanol–water partition coefficient (Wildman–Crippen LogP) is 4.94. The SMILES string of the molecule is C#CCCN(Cc1ncc(-c2ccc3c(c2)COc2cc4c(ccc5[nH]c(CC)nc54)cc2-3)[nH]1)C(=O)CNC(=O)OC. The summed E-state index contributed by atoms with van der Waals surface area (Å²) >= 11 is 0. The Kier molecular flexibility index (Phi) is 7.23. The van der Waals surface area contributed by atoms with E-state index < -0.39 is 6.09 Å². The zero-order valence-electron chi connectivity index (χ0n) is 23.4. The van der Waals surface area contributed by atoms with Crippen molar-refractivity contribution in [1.82, 2.24) is 30.2 Å². The summed E-state index contributed by atoms with van der Waals surface area (Å²) in [5, 5.41) is 4.60. The Labute approximate surface area is 242 Å². The maximum absolute atomic E-state index is 12.7. The number of nitrogens with zero attached hydrogens (tertiary/aromatic N) is 3. The molecule has 0 fully saturated rings. The number of fused-ring (bicyclic) bond motifs is 6. The van der Waals surface area contributed by atoms with Gasteiger partial charge in [-0.2, -0.15) is 0 Å². The van der Waals surface area contributed by atoms with E-state index in [1.807, 2.05) is 0 Å². The van der Waals surface area contributed by atoms with Crippen LogP contribution in [0.25, 0.3) is 44.2 Å². The minimum absolute atomic E-state index is 0.196. The van der Waals surface area contributed by atoms with Crippen LogP contribution in [0.3, 0.4) is 0 Å². The molecule has 10 heteroatoms. The van der Waals surface area contributed by atoms with Crippen LogP contribution in [0.5, 0.6) is 5.75 Å². The largest absolute Gasteiger partial charge is 0.488 e. The van der Waals surface area contributed by atoms with E-state index in [4.69, 9.17) is 16.1 Å². The molecule has 1 aliphatic rings. The highest BCUT2D eigenvalue weighted by atomic mass is 16.5. The third-order valence-electron chi connectivity index (χ3n) is 7.46. The second kappa shape index (κ2) is 11.3. The van der Waals surface area contributed by atoms with E-state index in [0.717, 1.165) is 67.7 Å². The monoisotopic (exact) mass is 562 g/mol. The number of aryl methyl sites for hydroxylation is 1. The standard InChI is InChI=1S/C32H30N6O4/c1-4-6-11-38(30(39)16-34-32(40)41-3)17-29-33-15-26(36-29)20-7-9-22-21(12-20)18-42-27-14-23-19(13-24(22)27)8-10-25-31(23)37-28(5-2)35-25/h1,7-10,12-15H,5-6,11,16-18H2,2-3H3,(H,33,36)(H,34,40)(H,35,37). The van der Waals surface area contributed by atoms with Gasteiger partial charge in [0.05, 0.1) is 36.6 Å². The zero-order chi connectivity index (χ0) is 29.2. The summed E-state index contributed by atoms with van der Waals surface area (Å²) in [6.07, 6.45) is 7.72. The molecular formula is C32H30N6O4. The van der Waals surface area contributed by atoms with Crippen molar-refractivity contribution in [2.45, 2.75) is 32.9 Å². The van der Waals surface area contributed by atoms with Crippen molar-refractivity contribution in [3.63, 3.8) is 0 Å². The van der Waals surface area contributed by atoms with E-state index in [2.05, 4.69) is 80.3 Å². The molecule has 3 N–H and O–H groups in total. The van der Waals surface area contributed by atoms with Crippen LogP contribution < -0.4 is 10.1 Å². The smallest absolute Gasteiger partial charge is 0.407 e. The number of nitrogens with one attached hydrogen (secondary N) is 3. The lowest BCUT2D eigenvalue weighted by Crippen LogP contribution is -2.40. The summed E-state index contributed by atoms with van der Waals surface area (Å²) in [7, 11) is 1.24. The van der Waals surface area contributed by atoms with Gasteiger partial charge in [0.1, 0.15) is 30.5 Å². The van der Waals surface area contributed by atoms with Gasteiger partial charge in [-0.1, -0.05) is 25.1 Å². The minimum atomic E-state index is -0.673. The fourth-order valence-corrected chi connectivity index (χ4v) is 5.27. The first-order valence-corrected chi connectivity index (χ1v) is 13.8. The third kappa shape index (κ3) is 5.12. The Hall–Kier alpha value is -5.30. The lowest BCUT2D eigenvalue weighted by molar-refractivity contribution is -0.130. The molecule has 3 aromatic carbocycles. The van der Waals surface area contributed by atoms with E-state index in [1.165, 1.54) is 7.11 Å². The lowest BCUT2D eigenvalue weighted by atomic mass is 9.92. The fraction of sp³-hybridized carbons (Fsp3) is 0.250. The molecule has 0 aliphatic carbocycles. The van der Waals surface area contributed by atoms with Crippen molar-refractivity contribution in [2.24, 2.45) is 0 Å². The van der Waals surface area contributed by atoms with Crippen molar-refractivity contribution in [2.75, 3.05) is 20.2 Å². The average Bonchev–Trinajstić information content (AvgIpc) is 3.67. The summed E-state index contributed by atoms with van der Waals surface area (Å²) < 4.78 is 10.8. The molecule has 0 atom stereocenters. The maximum atomic E-state index is 12.7. The van der Waals surface area contributed by atoms with Gasteiger partial charge in [-0.25, -0.2) is 14.8 Å². The molecule has 0 spiro atoms. The van der Waals surface area contributed by atoms with Crippen LogP contribution in [0.2, 0.25) is 0 Å². The average molecular weight is 563 g/mol. The summed E-state index contributed by atoms with van der Waals surface area (Å²) in [4.78, 5) is 41.6. The van der Waals surface area contributed by atoms with E-state index in [1.54, 1.807) is 11.1 Å². The molecule has 2 aromatic heterocycles. The Morgan fingerprint density at radius 1 is 1.14 bits per heavy atom. The van der Waals surface area contributed by atoms with Crippen LogP contribution in [0, 0.1) is 12.3 Å². The van der Waals surface area contributed by atoms with Gasteiger partial charge in [-0.05, 0) is 46.3 Å². The fourth-order valence-electron chi connectivity index (χ4n) is 5.27. The van der Waals surface area contributed by atoms with Crippen LogP contribution in [-0.2, 0) is 29.1 Å². The number of rotatable bonds is 8. The molecule has 1 aliphatic heterocycles. The number of carbonyl (C=O) groups excluding carboxylic acids is 2. The number of imidazole rings is 2. The number of carbonyl (C=O) groups is 2. The number of ether oxygens (including phenoxy) is 2. The van der Waals surface area contributed by atoms with Gasteiger partial charge in [0.2, 0.25) is 5.91 Å². The first-order valence-electron chi connectivity index (χ1n) is 13.8. The minimum Gasteiger partial charge on any atom is -0.488 e. The summed E-state index contributed by atoms with van der Waals surface area (Å²) in [6, 6.07) is 14.7. The quantitative estimate of drug-likeness (QED) is 0.230. The number of hydrogen-bond acceptors (Lipinski definition) is 6. The van der Waals surface area contributed by atoms with E-state index >= 15 is 0 Å². The van der Waals surface area contributed by atoms with Gasteiger partial charge < -0.3 is 29.7 Å². The Bertz CT molecular complexity index is 1860. The molecule has 0 radical (unpaired) electrons. The molecular weight excluding hydrogens is 532 g/mol. The van der Waals surface area contributed by atoms with Crippen LogP contribution in [0.15, 0.2) is 48.7 Å². The number of aromatic nitrogens is 4. The Morgan fingerprint density at radius 2 is 2.02 bits per heavy atom. The highest BCUT2D eigenvalue weighted by Crippen LogP contribution is 2.42. The number of alkyl carbamates (subject to hydrolysis) is 1. The van der Waals surface area contributed by atoms with Crippen LogP contribution in [0.4, 0.5) is 4.79 Å². The summed E-state index contributed by atoms with van der Waals surface area (Å²) in [5.74, 6) is 4.69. The number of hydrogen-bond donors (Lipinski definition) is 3. The van der Waals surface area contributed by atoms with Crippen LogP contribution >= 0.6 is 0 Å². The number of benzene rings is 3. The summed E-state index contributed by atoms with van der Waals surface area (Å²) in [5.41, 5.74) is 7.02. The number of terminal acetylenes is 1. The van der Waals surface area contributed by atoms with Crippen molar-refractivity contribution < 1.29 is 19.1 Å². The Morgan fingerprint density at radius 3 is 2.83 bits per heavy atom. The molecule has 42 heavy (non-hydrogen) atoms. The van der Waals surface area contributed by atoms with Crippen molar-refractivity contribution in [1.29, 1.82) is 0 Å². The van der Waals surface area contributed by atoms with E-state index in [-0.39, 0.29) is 19.0 Å². The zero-order valence-corrected chi connectivity index (χ0v) is 23.4. The molecule has 0 unspecified atom stereocenters. The first kappa shape index (κ1) is 26.9. The van der Waals surface area contributed by atoms with Crippen LogP contribution in [0.1, 0.15) is 30.6 Å². The van der Waals surface area contributed by atoms with Gasteiger partial charge in [0.25, 0.3) is 0 Å². The second-order valence-corrected chi connectivity index (χ2v) is 10.1. The highest BCUT2D eigenvalue weighted by molar-refractivity contribution is 6.07. The van der Waals surface area contributed by atoms with Gasteiger partial charge in [-0.15, -0.1) is 12.3 Å². The van der Waals surface area contributed by atoms with Crippen LogP contribution in [-0.4, -0.2) is 57.0 Å². The topological polar surface area (TPSA) is 125 Å². The predicted molar refractivity (Wildman–Crippen MR) is 160 cm³/mol. The molecule has 6 rings (SSSR count). The van der Waals surface area contributed by atoms with Crippen molar-refractivity contribution in [3.05, 3.63) is 65.9 Å². The molecule has 2 amide bonds.